The lowest BCUT2D eigenvalue weighted by atomic mass is 9.92. The molecule has 20 heavy (non-hydrogen) atoms. The van der Waals surface area contributed by atoms with Gasteiger partial charge in [0.25, 0.3) is 0 Å². The molecule has 1 aromatic carbocycles. The topological polar surface area (TPSA) is 21.3 Å². The molecule has 4 unspecified atom stereocenters. The Morgan fingerprint density at radius 2 is 2.15 bits per heavy atom. The fourth-order valence-corrected chi connectivity index (χ4v) is 4.09. The van der Waals surface area contributed by atoms with Crippen molar-refractivity contribution in [3.63, 3.8) is 0 Å². The van der Waals surface area contributed by atoms with E-state index in [1.807, 2.05) is 0 Å². The van der Waals surface area contributed by atoms with E-state index >= 15 is 0 Å². The molecule has 0 aromatic heterocycles. The third-order valence-electron chi connectivity index (χ3n) is 4.97. The van der Waals surface area contributed by atoms with Crippen molar-refractivity contribution in [2.45, 2.75) is 45.1 Å². The van der Waals surface area contributed by atoms with Gasteiger partial charge in [-0.2, -0.15) is 0 Å². The standard InChI is InChI=1S/C18H27NO/c1-3-11-20-12-16(19-4-2)18-15-10-9-13-7-5-6-8-14(13)17(15)18/h5-8,15-19H,3-4,9-12H2,1-2H3. The summed E-state index contributed by atoms with van der Waals surface area (Å²) in [6.07, 6.45) is 3.74. The number of ether oxygens (including phenoxy) is 1. The monoisotopic (exact) mass is 273 g/mol. The molecule has 1 aromatic rings. The van der Waals surface area contributed by atoms with Crippen molar-refractivity contribution in [1.82, 2.24) is 5.32 Å². The van der Waals surface area contributed by atoms with Gasteiger partial charge in [0.2, 0.25) is 0 Å². The molecule has 0 heterocycles. The molecule has 2 aliphatic carbocycles. The van der Waals surface area contributed by atoms with Crippen LogP contribution in [-0.4, -0.2) is 25.8 Å². The summed E-state index contributed by atoms with van der Waals surface area (Å²) in [6, 6.07) is 9.58. The predicted octanol–water partition coefficient (Wildman–Crippen LogP) is 3.37. The zero-order valence-electron chi connectivity index (χ0n) is 12.8. The van der Waals surface area contributed by atoms with Crippen LogP contribution in [0, 0.1) is 11.8 Å². The fourth-order valence-electron chi connectivity index (χ4n) is 4.09. The van der Waals surface area contributed by atoms with Crippen molar-refractivity contribution in [1.29, 1.82) is 0 Å². The summed E-state index contributed by atoms with van der Waals surface area (Å²) in [5.41, 5.74) is 3.20. The first-order valence-electron chi connectivity index (χ1n) is 8.25. The van der Waals surface area contributed by atoms with E-state index in [1.165, 1.54) is 12.8 Å². The fraction of sp³-hybridized carbons (Fsp3) is 0.667. The molecule has 1 fully saturated rings. The minimum absolute atomic E-state index is 0.535. The van der Waals surface area contributed by atoms with E-state index in [0.717, 1.165) is 43.9 Å². The SMILES string of the molecule is CCCOCC(NCC)C1C2CCc3ccccc3C21. The van der Waals surface area contributed by atoms with Gasteiger partial charge in [-0.1, -0.05) is 38.1 Å². The Morgan fingerprint density at radius 1 is 1.30 bits per heavy atom. The van der Waals surface area contributed by atoms with Crippen molar-refractivity contribution in [3.8, 4) is 0 Å². The van der Waals surface area contributed by atoms with Crippen molar-refractivity contribution >= 4 is 0 Å². The lowest BCUT2D eigenvalue weighted by molar-refractivity contribution is 0.104. The van der Waals surface area contributed by atoms with Crippen LogP contribution in [0.4, 0.5) is 0 Å². The largest absolute Gasteiger partial charge is 0.380 e. The van der Waals surface area contributed by atoms with Crippen LogP contribution in [0.5, 0.6) is 0 Å². The zero-order chi connectivity index (χ0) is 13.9. The van der Waals surface area contributed by atoms with Crippen LogP contribution in [0.1, 0.15) is 43.7 Å². The van der Waals surface area contributed by atoms with Crippen molar-refractivity contribution < 1.29 is 4.74 Å². The lowest BCUT2D eigenvalue weighted by Gasteiger charge is -2.18. The minimum atomic E-state index is 0.535. The molecule has 2 nitrogen and oxygen atoms in total. The van der Waals surface area contributed by atoms with Gasteiger partial charge in [0.1, 0.15) is 0 Å². The zero-order valence-corrected chi connectivity index (χ0v) is 12.8. The van der Waals surface area contributed by atoms with E-state index in [9.17, 15) is 0 Å². The Hall–Kier alpha value is -0.860. The summed E-state index contributed by atoms with van der Waals surface area (Å²) in [5.74, 6) is 2.46. The maximum Gasteiger partial charge on any atom is 0.0622 e. The molecule has 2 heteroatoms. The normalized spacial score (nSPS) is 28.6. The van der Waals surface area contributed by atoms with Gasteiger partial charge in [0, 0.05) is 12.6 Å². The summed E-state index contributed by atoms with van der Waals surface area (Å²) in [7, 11) is 0. The molecule has 0 bridgehead atoms. The Bertz CT molecular complexity index is 445. The molecule has 2 aliphatic rings. The van der Waals surface area contributed by atoms with Crippen LogP contribution < -0.4 is 5.32 Å². The van der Waals surface area contributed by atoms with Gasteiger partial charge in [-0.15, -0.1) is 0 Å². The second-order valence-electron chi connectivity index (χ2n) is 6.24. The number of hydrogen-bond acceptors (Lipinski definition) is 2. The van der Waals surface area contributed by atoms with E-state index in [4.69, 9.17) is 4.74 Å². The van der Waals surface area contributed by atoms with Crippen LogP contribution in [0.15, 0.2) is 24.3 Å². The molecule has 1 N–H and O–H groups in total. The Balaban J connectivity index is 1.69. The minimum Gasteiger partial charge on any atom is -0.380 e. The molecule has 3 rings (SSSR count). The first kappa shape index (κ1) is 14.1. The third kappa shape index (κ3) is 2.64. The molecular weight excluding hydrogens is 246 g/mol. The van der Waals surface area contributed by atoms with E-state index in [2.05, 4.69) is 43.4 Å². The van der Waals surface area contributed by atoms with Gasteiger partial charge in [-0.05, 0) is 54.7 Å². The van der Waals surface area contributed by atoms with Crippen LogP contribution in [0.2, 0.25) is 0 Å². The van der Waals surface area contributed by atoms with Gasteiger partial charge in [-0.3, -0.25) is 0 Å². The number of hydrogen-bond donors (Lipinski definition) is 1. The number of fused-ring (bicyclic) bond motifs is 3. The highest BCUT2D eigenvalue weighted by Gasteiger charge is 2.55. The van der Waals surface area contributed by atoms with Crippen LogP contribution in [0.25, 0.3) is 0 Å². The number of benzene rings is 1. The van der Waals surface area contributed by atoms with Crippen molar-refractivity contribution in [3.05, 3.63) is 35.4 Å². The highest BCUT2D eigenvalue weighted by atomic mass is 16.5. The summed E-state index contributed by atoms with van der Waals surface area (Å²) >= 11 is 0. The first-order chi connectivity index (χ1) is 9.86. The molecule has 0 amide bonds. The molecule has 0 aliphatic heterocycles. The van der Waals surface area contributed by atoms with Crippen LogP contribution in [0.3, 0.4) is 0 Å². The molecule has 110 valence electrons. The molecule has 0 spiro atoms. The number of nitrogens with one attached hydrogen (secondary N) is 1. The van der Waals surface area contributed by atoms with Gasteiger partial charge in [-0.25, -0.2) is 0 Å². The van der Waals surface area contributed by atoms with E-state index < -0.39 is 0 Å². The number of rotatable bonds is 7. The maximum absolute atomic E-state index is 5.83. The quantitative estimate of drug-likeness (QED) is 0.769. The van der Waals surface area contributed by atoms with Gasteiger partial charge in [0.05, 0.1) is 6.61 Å². The summed E-state index contributed by atoms with van der Waals surface area (Å²) in [4.78, 5) is 0. The average molecular weight is 273 g/mol. The summed E-state index contributed by atoms with van der Waals surface area (Å²) in [6.45, 7) is 7.18. The maximum atomic E-state index is 5.83. The highest BCUT2D eigenvalue weighted by molar-refractivity contribution is 5.40. The van der Waals surface area contributed by atoms with Crippen LogP contribution >= 0.6 is 0 Å². The van der Waals surface area contributed by atoms with Crippen molar-refractivity contribution in [2.24, 2.45) is 11.8 Å². The third-order valence-corrected chi connectivity index (χ3v) is 4.97. The van der Waals surface area contributed by atoms with E-state index in [-0.39, 0.29) is 0 Å². The molecule has 0 radical (unpaired) electrons. The van der Waals surface area contributed by atoms with E-state index in [1.54, 1.807) is 11.1 Å². The Kier molecular flexibility index (Phi) is 4.42. The van der Waals surface area contributed by atoms with Crippen molar-refractivity contribution in [2.75, 3.05) is 19.8 Å². The summed E-state index contributed by atoms with van der Waals surface area (Å²) in [5, 5.41) is 3.67. The predicted molar refractivity (Wildman–Crippen MR) is 83.1 cm³/mol. The second-order valence-corrected chi connectivity index (χ2v) is 6.24. The molecule has 0 saturated heterocycles. The smallest absolute Gasteiger partial charge is 0.0622 e. The van der Waals surface area contributed by atoms with E-state index in [0.29, 0.717) is 6.04 Å². The molecule has 1 saturated carbocycles. The van der Waals surface area contributed by atoms with Crippen LogP contribution in [-0.2, 0) is 11.2 Å². The molecule has 4 atom stereocenters. The second kappa shape index (κ2) is 6.28. The van der Waals surface area contributed by atoms with Gasteiger partial charge in [0.15, 0.2) is 0 Å². The average Bonchev–Trinajstić information content (AvgIpc) is 3.21. The first-order valence-corrected chi connectivity index (χ1v) is 8.25. The van der Waals surface area contributed by atoms with Gasteiger partial charge >= 0.3 is 0 Å². The number of aryl methyl sites for hydroxylation is 1. The summed E-state index contributed by atoms with van der Waals surface area (Å²) < 4.78 is 5.83. The Labute approximate surface area is 122 Å². The highest BCUT2D eigenvalue weighted by Crippen LogP contribution is 2.61. The lowest BCUT2D eigenvalue weighted by Crippen LogP contribution is -2.36. The van der Waals surface area contributed by atoms with Gasteiger partial charge < -0.3 is 10.1 Å². The Morgan fingerprint density at radius 3 is 2.95 bits per heavy atom. The number of likely N-dealkylation sites (N-methyl/N-ethyl adjacent to an activating group) is 1. The molecular formula is C18H27NO.